The average Bonchev–Trinajstić information content (AvgIpc) is 3.91. The van der Waals surface area contributed by atoms with Gasteiger partial charge in [0.05, 0.1) is 16.7 Å². The molecule has 296 valence electrons. The second-order valence-electron chi connectivity index (χ2n) is 16.1. The molecular formula is C60H40N2S. The maximum absolute atomic E-state index is 2.47. The quantitative estimate of drug-likeness (QED) is 0.148. The van der Waals surface area contributed by atoms with Gasteiger partial charge in [0.15, 0.2) is 0 Å². The summed E-state index contributed by atoms with van der Waals surface area (Å²) in [5.41, 5.74) is 16.6. The minimum Gasteiger partial charge on any atom is -0.311 e. The number of hydrogen-bond acceptors (Lipinski definition) is 2. The number of hydrogen-bond donors (Lipinski definition) is 0. The number of thiophene rings is 1. The molecule has 10 aromatic carbocycles. The van der Waals surface area contributed by atoms with E-state index in [1.165, 1.54) is 92.2 Å². The number of nitrogens with zero attached hydrogens (tertiary/aromatic N) is 2. The number of rotatable bonds is 8. The Morgan fingerprint density at radius 2 is 0.778 bits per heavy atom. The number of benzene rings is 10. The van der Waals surface area contributed by atoms with Gasteiger partial charge in [-0.2, -0.15) is 0 Å². The normalized spacial score (nSPS) is 11.5. The molecule has 0 bridgehead atoms. The Kier molecular flexibility index (Phi) is 9.06. The van der Waals surface area contributed by atoms with Gasteiger partial charge >= 0.3 is 0 Å². The Balaban J connectivity index is 0.897. The zero-order valence-corrected chi connectivity index (χ0v) is 35.2. The van der Waals surface area contributed by atoms with Crippen LogP contribution in [0.15, 0.2) is 243 Å². The van der Waals surface area contributed by atoms with E-state index in [4.69, 9.17) is 0 Å². The van der Waals surface area contributed by atoms with Crippen molar-refractivity contribution >= 4 is 70.4 Å². The van der Waals surface area contributed by atoms with Crippen LogP contribution >= 0.6 is 11.3 Å². The van der Waals surface area contributed by atoms with Crippen molar-refractivity contribution in [2.45, 2.75) is 0 Å². The molecule has 0 saturated heterocycles. The molecule has 0 unspecified atom stereocenters. The number of fused-ring (bicyclic) bond motifs is 6. The molecule has 0 atom stereocenters. The lowest BCUT2D eigenvalue weighted by atomic mass is 9.93. The van der Waals surface area contributed by atoms with Crippen LogP contribution < -0.4 is 4.90 Å². The minimum atomic E-state index is 1.10. The molecule has 0 aliphatic rings. The van der Waals surface area contributed by atoms with Crippen molar-refractivity contribution in [3.8, 4) is 50.2 Å². The fourth-order valence-electron chi connectivity index (χ4n) is 9.43. The molecule has 0 aliphatic heterocycles. The Morgan fingerprint density at radius 1 is 0.302 bits per heavy atom. The van der Waals surface area contributed by atoms with E-state index in [-0.39, 0.29) is 0 Å². The monoisotopic (exact) mass is 820 g/mol. The fraction of sp³-hybridized carbons (Fsp3) is 0. The van der Waals surface area contributed by atoms with Gasteiger partial charge in [-0.15, -0.1) is 11.3 Å². The standard InChI is InChI=1S/C60H40N2S/c1-3-14-41(15-4-1)42-26-28-43(29-27-42)44-30-35-48(36-31-44)61(47-16-5-2-6-17-47)49-37-32-45(33-38-49)50-18-7-8-19-51(50)46-34-39-56-54(40-46)52-20-9-11-22-55(52)62(56)57-23-13-25-59-60(57)53-21-10-12-24-58(53)63-59/h1-40H. The van der Waals surface area contributed by atoms with Crippen molar-refractivity contribution in [1.82, 2.24) is 4.57 Å². The maximum Gasteiger partial charge on any atom is 0.0555 e. The summed E-state index contributed by atoms with van der Waals surface area (Å²) < 4.78 is 5.09. The molecule has 12 aromatic rings. The van der Waals surface area contributed by atoms with E-state index in [1.807, 2.05) is 11.3 Å². The highest BCUT2D eigenvalue weighted by molar-refractivity contribution is 7.25. The topological polar surface area (TPSA) is 8.17 Å². The molecular weight excluding hydrogens is 781 g/mol. The molecule has 0 fully saturated rings. The molecule has 0 radical (unpaired) electrons. The first-order valence-electron chi connectivity index (χ1n) is 21.5. The van der Waals surface area contributed by atoms with Gasteiger partial charge in [0, 0.05) is 48.0 Å². The second kappa shape index (κ2) is 15.5. The van der Waals surface area contributed by atoms with Gasteiger partial charge in [0.2, 0.25) is 0 Å². The maximum atomic E-state index is 2.47. The van der Waals surface area contributed by atoms with Gasteiger partial charge in [0.25, 0.3) is 0 Å². The number of para-hydroxylation sites is 2. The van der Waals surface area contributed by atoms with Crippen molar-refractivity contribution in [2.24, 2.45) is 0 Å². The summed E-state index contributed by atoms with van der Waals surface area (Å²) in [4.78, 5) is 2.33. The van der Waals surface area contributed by atoms with Crippen molar-refractivity contribution in [2.75, 3.05) is 4.90 Å². The van der Waals surface area contributed by atoms with E-state index in [1.54, 1.807) is 0 Å². The Bertz CT molecular complexity index is 3580. The highest BCUT2D eigenvalue weighted by Crippen LogP contribution is 2.43. The first kappa shape index (κ1) is 36.8. The predicted octanol–water partition coefficient (Wildman–Crippen LogP) is 17.3. The summed E-state index contributed by atoms with van der Waals surface area (Å²) in [5, 5.41) is 5.12. The van der Waals surface area contributed by atoms with E-state index in [2.05, 4.69) is 252 Å². The Hall–Kier alpha value is -7.98. The van der Waals surface area contributed by atoms with Crippen LogP contribution in [0, 0.1) is 0 Å². The molecule has 0 N–H and O–H groups in total. The summed E-state index contributed by atoms with van der Waals surface area (Å²) in [5.74, 6) is 0. The zero-order chi connectivity index (χ0) is 41.7. The molecule has 0 saturated carbocycles. The summed E-state index contributed by atoms with van der Waals surface area (Å²) >= 11 is 1.87. The molecule has 0 aliphatic carbocycles. The third-order valence-electron chi connectivity index (χ3n) is 12.4. The lowest BCUT2D eigenvalue weighted by Gasteiger charge is -2.26. The summed E-state index contributed by atoms with van der Waals surface area (Å²) in [6.45, 7) is 0. The van der Waals surface area contributed by atoms with Gasteiger partial charge < -0.3 is 9.47 Å². The Morgan fingerprint density at radius 3 is 1.48 bits per heavy atom. The second-order valence-corrected chi connectivity index (χ2v) is 17.2. The van der Waals surface area contributed by atoms with Crippen LogP contribution in [-0.2, 0) is 0 Å². The molecule has 0 spiro atoms. The molecule has 12 rings (SSSR count). The minimum absolute atomic E-state index is 1.10. The summed E-state index contributed by atoms with van der Waals surface area (Å²) in [7, 11) is 0. The van der Waals surface area contributed by atoms with Crippen molar-refractivity contribution in [1.29, 1.82) is 0 Å². The van der Waals surface area contributed by atoms with Gasteiger partial charge in [-0.1, -0.05) is 170 Å². The van der Waals surface area contributed by atoms with E-state index in [0.29, 0.717) is 0 Å². The SMILES string of the molecule is c1ccc(-c2ccc(-c3ccc(N(c4ccccc4)c4ccc(-c5ccccc5-c5ccc6c(c5)c5ccccc5n6-c5cccc6sc7ccccc7c56)cc4)cc3)cc2)cc1. The third-order valence-corrected chi connectivity index (χ3v) is 13.6. The summed E-state index contributed by atoms with van der Waals surface area (Å²) in [6, 6.07) is 88.2. The Labute approximate surface area is 370 Å². The van der Waals surface area contributed by atoms with Crippen LogP contribution in [0.5, 0.6) is 0 Å². The molecule has 0 amide bonds. The lowest BCUT2D eigenvalue weighted by Crippen LogP contribution is -2.09. The predicted molar refractivity (Wildman–Crippen MR) is 270 cm³/mol. The summed E-state index contributed by atoms with van der Waals surface area (Å²) in [6.07, 6.45) is 0. The van der Waals surface area contributed by atoms with Gasteiger partial charge in [0.1, 0.15) is 0 Å². The third kappa shape index (κ3) is 6.50. The molecule has 2 aromatic heterocycles. The number of aromatic nitrogens is 1. The van der Waals surface area contributed by atoms with Gasteiger partial charge in [-0.25, -0.2) is 0 Å². The first-order valence-corrected chi connectivity index (χ1v) is 22.3. The first-order chi connectivity index (χ1) is 31.2. The molecule has 2 nitrogen and oxygen atoms in total. The van der Waals surface area contributed by atoms with Crippen LogP contribution in [0.2, 0.25) is 0 Å². The van der Waals surface area contributed by atoms with E-state index >= 15 is 0 Å². The molecule has 2 heterocycles. The smallest absolute Gasteiger partial charge is 0.0555 e. The number of anilines is 3. The fourth-order valence-corrected chi connectivity index (χ4v) is 10.6. The van der Waals surface area contributed by atoms with Crippen LogP contribution in [0.3, 0.4) is 0 Å². The van der Waals surface area contributed by atoms with E-state index < -0.39 is 0 Å². The van der Waals surface area contributed by atoms with Crippen LogP contribution in [0.25, 0.3) is 92.2 Å². The average molecular weight is 821 g/mol. The van der Waals surface area contributed by atoms with Crippen molar-refractivity contribution in [3.05, 3.63) is 243 Å². The van der Waals surface area contributed by atoms with E-state index in [0.717, 1.165) is 17.1 Å². The van der Waals surface area contributed by atoms with Gasteiger partial charge in [-0.05, 0) is 117 Å². The van der Waals surface area contributed by atoms with Crippen LogP contribution in [0.4, 0.5) is 17.1 Å². The lowest BCUT2D eigenvalue weighted by molar-refractivity contribution is 1.20. The van der Waals surface area contributed by atoms with Crippen molar-refractivity contribution in [3.63, 3.8) is 0 Å². The van der Waals surface area contributed by atoms with Crippen LogP contribution in [-0.4, -0.2) is 4.57 Å². The van der Waals surface area contributed by atoms with Crippen LogP contribution in [0.1, 0.15) is 0 Å². The zero-order valence-electron chi connectivity index (χ0n) is 34.4. The largest absolute Gasteiger partial charge is 0.311 e. The van der Waals surface area contributed by atoms with Crippen molar-refractivity contribution < 1.29 is 0 Å². The highest BCUT2D eigenvalue weighted by Gasteiger charge is 2.19. The van der Waals surface area contributed by atoms with Gasteiger partial charge in [-0.3, -0.25) is 0 Å². The molecule has 3 heteroatoms. The highest BCUT2D eigenvalue weighted by atomic mass is 32.1. The van der Waals surface area contributed by atoms with E-state index in [9.17, 15) is 0 Å². The molecule has 63 heavy (non-hydrogen) atoms.